The number of nitrogens with two attached hydrogens (primary N) is 1. The molecule has 0 radical (unpaired) electrons. The minimum absolute atomic E-state index is 0.629. The fraction of sp³-hybridized carbons (Fsp3) is 0.167. The van der Waals surface area contributed by atoms with Crippen LogP contribution in [0.3, 0.4) is 0 Å². The molecule has 16 heavy (non-hydrogen) atoms. The third-order valence-corrected chi connectivity index (χ3v) is 5.37. The van der Waals surface area contributed by atoms with Crippen LogP contribution in [0.5, 0.6) is 5.75 Å². The van der Waals surface area contributed by atoms with Crippen LogP contribution < -0.4 is 15.8 Å². The molecule has 0 amide bonds. The van der Waals surface area contributed by atoms with Gasteiger partial charge in [-0.1, -0.05) is 12.2 Å². The van der Waals surface area contributed by atoms with E-state index in [0.29, 0.717) is 12.3 Å². The fourth-order valence-electron chi connectivity index (χ4n) is 2.20. The zero-order chi connectivity index (χ0) is 11.2. The lowest BCUT2D eigenvalue weighted by Crippen LogP contribution is -2.08. The van der Waals surface area contributed by atoms with E-state index in [1.807, 2.05) is 18.2 Å². The van der Waals surface area contributed by atoms with Crippen molar-refractivity contribution in [2.75, 3.05) is 12.3 Å². The highest BCUT2D eigenvalue weighted by molar-refractivity contribution is 7.77. The van der Waals surface area contributed by atoms with Crippen LogP contribution in [-0.4, -0.2) is 6.61 Å². The normalized spacial score (nSPS) is 19.8. The largest absolute Gasteiger partial charge is 0.491 e. The molecule has 2 heterocycles. The zero-order valence-corrected chi connectivity index (χ0v) is 9.61. The minimum atomic E-state index is -2.48. The standard InChI is InChI=1S/C12H12NO2P/c13-10-3-4-11(9-5-6-15-12(9)10)16(14)7-1-2-8-16/h1-4,7-8H,5-6,13H2. The Hall–Kier alpha value is -1.47. The minimum Gasteiger partial charge on any atom is -0.491 e. The molecule has 0 unspecified atom stereocenters. The van der Waals surface area contributed by atoms with Gasteiger partial charge in [-0.3, -0.25) is 0 Å². The SMILES string of the molecule is Nc1ccc(P2(=O)C=CC=C2)c2c1OCC2. The number of hydrogen-bond donors (Lipinski definition) is 1. The molecule has 0 fully saturated rings. The number of allylic oxidation sites excluding steroid dienone is 2. The lowest BCUT2D eigenvalue weighted by Gasteiger charge is -2.13. The molecule has 1 aromatic rings. The van der Waals surface area contributed by atoms with Crippen LogP contribution in [0.15, 0.2) is 35.9 Å². The lowest BCUT2D eigenvalue weighted by molar-refractivity contribution is 0.358. The van der Waals surface area contributed by atoms with E-state index >= 15 is 0 Å². The number of rotatable bonds is 1. The van der Waals surface area contributed by atoms with E-state index in [9.17, 15) is 4.57 Å². The molecule has 3 rings (SSSR count). The summed E-state index contributed by atoms with van der Waals surface area (Å²) in [6, 6.07) is 3.64. The lowest BCUT2D eigenvalue weighted by atomic mass is 10.1. The quantitative estimate of drug-likeness (QED) is 0.597. The van der Waals surface area contributed by atoms with Crippen LogP contribution >= 0.6 is 7.14 Å². The monoisotopic (exact) mass is 233 g/mol. The first-order chi connectivity index (χ1) is 7.71. The fourth-order valence-corrected chi connectivity index (χ4v) is 4.27. The maximum Gasteiger partial charge on any atom is 0.157 e. The molecule has 2 aliphatic heterocycles. The summed E-state index contributed by atoms with van der Waals surface area (Å²) in [5.74, 6) is 4.27. The maximum absolute atomic E-state index is 12.6. The average Bonchev–Trinajstić information content (AvgIpc) is 2.88. The second-order valence-corrected chi connectivity index (χ2v) is 6.47. The number of ether oxygens (including phenoxy) is 1. The van der Waals surface area contributed by atoms with Gasteiger partial charge in [0.2, 0.25) is 0 Å². The number of benzene rings is 1. The molecule has 0 aromatic heterocycles. The van der Waals surface area contributed by atoms with Crippen molar-refractivity contribution >= 4 is 18.1 Å². The number of nitrogen functional groups attached to an aromatic ring is 1. The Morgan fingerprint density at radius 1 is 1.25 bits per heavy atom. The highest BCUT2D eigenvalue weighted by Crippen LogP contribution is 2.53. The second kappa shape index (κ2) is 3.26. The Bertz CT molecular complexity index is 544. The number of hydrogen-bond acceptors (Lipinski definition) is 3. The van der Waals surface area contributed by atoms with Gasteiger partial charge < -0.3 is 15.0 Å². The molecular weight excluding hydrogens is 221 g/mol. The molecule has 1 aromatic carbocycles. The van der Waals surface area contributed by atoms with Gasteiger partial charge in [-0.05, 0) is 23.8 Å². The third-order valence-electron chi connectivity index (χ3n) is 2.97. The van der Waals surface area contributed by atoms with Crippen molar-refractivity contribution in [2.24, 2.45) is 0 Å². The van der Waals surface area contributed by atoms with Crippen molar-refractivity contribution in [3.05, 3.63) is 41.5 Å². The zero-order valence-electron chi connectivity index (χ0n) is 8.72. The number of fused-ring (bicyclic) bond motifs is 1. The Morgan fingerprint density at radius 3 is 2.75 bits per heavy atom. The van der Waals surface area contributed by atoms with Gasteiger partial charge in [0.25, 0.3) is 0 Å². The van der Waals surface area contributed by atoms with Crippen LogP contribution in [0.25, 0.3) is 0 Å². The van der Waals surface area contributed by atoms with E-state index in [4.69, 9.17) is 10.5 Å². The first kappa shape index (κ1) is 9.73. The number of anilines is 1. The molecule has 0 atom stereocenters. The summed E-state index contributed by atoms with van der Waals surface area (Å²) < 4.78 is 18.1. The van der Waals surface area contributed by atoms with E-state index < -0.39 is 7.14 Å². The van der Waals surface area contributed by atoms with Gasteiger partial charge in [-0.25, -0.2) is 0 Å². The van der Waals surface area contributed by atoms with Crippen LogP contribution in [-0.2, 0) is 11.0 Å². The summed E-state index contributed by atoms with van der Waals surface area (Å²) in [5.41, 5.74) is 7.48. The van der Waals surface area contributed by atoms with Crippen molar-refractivity contribution in [3.63, 3.8) is 0 Å². The summed E-state index contributed by atoms with van der Waals surface area (Å²) in [6.45, 7) is 0.629. The highest BCUT2D eigenvalue weighted by atomic mass is 31.2. The summed E-state index contributed by atoms with van der Waals surface area (Å²) in [4.78, 5) is 0. The smallest absolute Gasteiger partial charge is 0.157 e. The summed E-state index contributed by atoms with van der Waals surface area (Å²) in [5, 5.41) is 0.874. The van der Waals surface area contributed by atoms with E-state index in [0.717, 1.165) is 23.0 Å². The van der Waals surface area contributed by atoms with Gasteiger partial charge in [0.05, 0.1) is 12.3 Å². The van der Waals surface area contributed by atoms with Crippen LogP contribution in [0.4, 0.5) is 5.69 Å². The van der Waals surface area contributed by atoms with Crippen molar-refractivity contribution in [2.45, 2.75) is 6.42 Å². The molecule has 0 bridgehead atoms. The topological polar surface area (TPSA) is 52.3 Å². The first-order valence-electron chi connectivity index (χ1n) is 5.22. The predicted molar refractivity (Wildman–Crippen MR) is 65.6 cm³/mol. The third kappa shape index (κ3) is 1.25. The van der Waals surface area contributed by atoms with Crippen molar-refractivity contribution < 1.29 is 9.30 Å². The Balaban J connectivity index is 2.24. The van der Waals surface area contributed by atoms with Crippen molar-refractivity contribution in [1.82, 2.24) is 0 Å². The molecule has 0 spiro atoms. The van der Waals surface area contributed by atoms with Gasteiger partial charge in [-0.15, -0.1) is 0 Å². The molecule has 0 saturated carbocycles. The first-order valence-corrected chi connectivity index (χ1v) is 7.06. The van der Waals surface area contributed by atoms with E-state index in [2.05, 4.69) is 0 Å². The van der Waals surface area contributed by atoms with Crippen molar-refractivity contribution in [1.29, 1.82) is 0 Å². The molecule has 2 aliphatic rings. The van der Waals surface area contributed by atoms with Gasteiger partial charge in [-0.2, -0.15) is 0 Å². The van der Waals surface area contributed by atoms with Crippen LogP contribution in [0, 0.1) is 0 Å². The summed E-state index contributed by atoms with van der Waals surface area (Å²) >= 11 is 0. The van der Waals surface area contributed by atoms with Crippen LogP contribution in [0.1, 0.15) is 5.56 Å². The Kier molecular flexibility index (Phi) is 1.98. The molecule has 4 heteroatoms. The molecule has 2 N–H and O–H groups in total. The second-order valence-electron chi connectivity index (χ2n) is 3.97. The van der Waals surface area contributed by atoms with Gasteiger partial charge in [0.1, 0.15) is 5.75 Å². The van der Waals surface area contributed by atoms with E-state index in [1.54, 1.807) is 17.7 Å². The van der Waals surface area contributed by atoms with Gasteiger partial charge in [0, 0.05) is 17.3 Å². The van der Waals surface area contributed by atoms with E-state index in [-0.39, 0.29) is 0 Å². The molecule has 82 valence electrons. The predicted octanol–water partition coefficient (Wildman–Crippen LogP) is 2.23. The van der Waals surface area contributed by atoms with E-state index in [1.165, 1.54) is 0 Å². The molecule has 0 saturated heterocycles. The maximum atomic E-state index is 12.6. The average molecular weight is 233 g/mol. The summed E-state index contributed by atoms with van der Waals surface area (Å²) in [7, 11) is -2.48. The summed E-state index contributed by atoms with van der Waals surface area (Å²) in [6.07, 6.45) is 4.46. The van der Waals surface area contributed by atoms with Gasteiger partial charge in [0.15, 0.2) is 7.14 Å². The molecular formula is C12H12NO2P. The van der Waals surface area contributed by atoms with Crippen LogP contribution in [0.2, 0.25) is 0 Å². The molecule has 3 nitrogen and oxygen atoms in total. The van der Waals surface area contributed by atoms with Gasteiger partial charge >= 0.3 is 0 Å². The Morgan fingerprint density at radius 2 is 2.00 bits per heavy atom. The Labute approximate surface area is 94.0 Å². The van der Waals surface area contributed by atoms with Crippen molar-refractivity contribution in [3.8, 4) is 5.75 Å². The molecule has 0 aliphatic carbocycles. The highest BCUT2D eigenvalue weighted by Gasteiger charge is 2.28.